The van der Waals surface area contributed by atoms with Crippen LogP contribution in [0.1, 0.15) is 39.8 Å². The van der Waals surface area contributed by atoms with E-state index in [4.69, 9.17) is 28.3 Å². The Morgan fingerprint density at radius 2 is 1.92 bits per heavy atom. The molecule has 0 N–H and O–H groups in total. The van der Waals surface area contributed by atoms with Gasteiger partial charge in [-0.1, -0.05) is 48.9 Å². The van der Waals surface area contributed by atoms with Crippen LogP contribution in [0.25, 0.3) is 5.69 Å². The quantitative estimate of drug-likeness (QED) is 0.697. The van der Waals surface area contributed by atoms with Gasteiger partial charge in [-0.25, -0.2) is 9.59 Å². The molecule has 9 heteroatoms. The zero-order valence-corrected chi connectivity index (χ0v) is 17.2. The van der Waals surface area contributed by atoms with E-state index in [1.165, 1.54) is 11.8 Å². The van der Waals surface area contributed by atoms with Gasteiger partial charge in [-0.3, -0.25) is 0 Å². The molecule has 3 rings (SSSR count). The van der Waals surface area contributed by atoms with E-state index >= 15 is 0 Å². The molecule has 0 amide bonds. The Kier molecular flexibility index (Phi) is 5.37. The van der Waals surface area contributed by atoms with E-state index in [0.29, 0.717) is 21.6 Å². The van der Waals surface area contributed by atoms with Crippen molar-refractivity contribution in [2.75, 3.05) is 6.54 Å². The molecule has 2 aromatic rings. The lowest BCUT2D eigenvalue weighted by atomic mass is 10.1. The first kappa shape index (κ1) is 19.3. The Hall–Kier alpha value is -1.51. The number of thioether (sulfide) groups is 1. The number of unbranched alkanes of at least 4 members (excludes halogenated alkanes) is 1. The lowest BCUT2D eigenvalue weighted by Gasteiger charge is -2.30. The van der Waals surface area contributed by atoms with Crippen LogP contribution in [0.5, 0.6) is 0 Å². The van der Waals surface area contributed by atoms with Crippen LogP contribution in [0.15, 0.2) is 38.4 Å². The van der Waals surface area contributed by atoms with E-state index in [9.17, 15) is 9.59 Å². The molecule has 140 valence electrons. The molecule has 1 fully saturated rings. The van der Waals surface area contributed by atoms with Gasteiger partial charge < -0.3 is 9.42 Å². The minimum atomic E-state index is -0.730. The monoisotopic (exact) mass is 413 g/mol. The minimum absolute atomic E-state index is 0.406. The summed E-state index contributed by atoms with van der Waals surface area (Å²) in [6.07, 6.45) is 1.48. The number of aromatic nitrogens is 2. The molecule has 1 atom stereocenters. The molecule has 0 bridgehead atoms. The fraction of sp³-hybridized carbons (Fsp3) is 0.471. The zero-order chi connectivity index (χ0) is 19.1. The number of hydrogen-bond donors (Lipinski definition) is 0. The molecule has 1 aliphatic heterocycles. The van der Waals surface area contributed by atoms with Crippen molar-refractivity contribution in [2.24, 2.45) is 0 Å². The van der Waals surface area contributed by atoms with Crippen molar-refractivity contribution in [3.63, 3.8) is 0 Å². The van der Waals surface area contributed by atoms with Crippen molar-refractivity contribution in [1.29, 1.82) is 0 Å². The molecule has 0 spiro atoms. The summed E-state index contributed by atoms with van der Waals surface area (Å²) in [4.78, 5) is 27.4. The molecule has 26 heavy (non-hydrogen) atoms. The maximum absolute atomic E-state index is 13.0. The van der Waals surface area contributed by atoms with Gasteiger partial charge in [0.1, 0.15) is 4.32 Å². The number of thiocarbonyl (C=S) groups is 1. The zero-order valence-electron chi connectivity index (χ0n) is 14.8. The predicted molar refractivity (Wildman–Crippen MR) is 108 cm³/mol. The first-order valence-electron chi connectivity index (χ1n) is 8.36. The van der Waals surface area contributed by atoms with Gasteiger partial charge in [-0.2, -0.15) is 4.57 Å². The van der Waals surface area contributed by atoms with E-state index in [1.54, 1.807) is 24.3 Å². The Labute approximate surface area is 165 Å². The normalized spacial score (nSPS) is 19.3. The van der Waals surface area contributed by atoms with Crippen molar-refractivity contribution in [2.45, 2.75) is 44.5 Å². The summed E-state index contributed by atoms with van der Waals surface area (Å²) in [5.41, 5.74) is -0.111. The van der Waals surface area contributed by atoms with E-state index < -0.39 is 22.4 Å². The van der Waals surface area contributed by atoms with Crippen molar-refractivity contribution < 1.29 is 4.52 Å². The van der Waals surface area contributed by atoms with Crippen molar-refractivity contribution in [3.05, 3.63) is 50.3 Å². The Morgan fingerprint density at radius 1 is 1.27 bits per heavy atom. The van der Waals surface area contributed by atoms with E-state index in [1.807, 2.05) is 18.7 Å². The molecule has 2 heterocycles. The molecule has 1 aromatic carbocycles. The van der Waals surface area contributed by atoms with Crippen LogP contribution >= 0.6 is 35.6 Å². The minimum Gasteiger partial charge on any atom is -0.333 e. The topological polar surface area (TPSA) is 60.4 Å². The van der Waals surface area contributed by atoms with Crippen LogP contribution in [0.4, 0.5) is 0 Å². The summed E-state index contributed by atoms with van der Waals surface area (Å²) in [5, 5.41) is 0.523. The number of halogens is 1. The lowest BCUT2D eigenvalue weighted by Crippen LogP contribution is -2.42. The van der Waals surface area contributed by atoms with Gasteiger partial charge in [0.2, 0.25) is 0 Å². The summed E-state index contributed by atoms with van der Waals surface area (Å²) in [7, 11) is 0. The second-order valence-electron chi connectivity index (χ2n) is 6.67. The Morgan fingerprint density at radius 3 is 2.54 bits per heavy atom. The number of nitrogens with zero attached hydrogens (tertiary/aromatic N) is 3. The average Bonchev–Trinajstić information content (AvgIpc) is 2.97. The summed E-state index contributed by atoms with van der Waals surface area (Å²) in [6, 6.07) is 6.47. The molecule has 6 nitrogen and oxygen atoms in total. The standard InChI is InChI=1S/C17H20ClN3O3S2/c1-4-5-10-19-13(17(2,3)26-16(19)25)21-14(22)20(15(23)24-21)12-8-6-11(18)7-9-12/h6-9,13H,4-5,10H2,1-3H3. The van der Waals surface area contributed by atoms with Gasteiger partial charge in [0, 0.05) is 11.6 Å². The largest absolute Gasteiger partial charge is 0.447 e. The molecular formula is C17H20ClN3O3S2. The highest BCUT2D eigenvalue weighted by Gasteiger charge is 2.47. The van der Waals surface area contributed by atoms with Crippen LogP contribution in [-0.2, 0) is 0 Å². The molecule has 1 saturated heterocycles. The Bertz CT molecular complexity index is 930. The summed E-state index contributed by atoms with van der Waals surface area (Å²) in [5.74, 6) is -0.730. The first-order valence-corrected chi connectivity index (χ1v) is 9.97. The third-order valence-electron chi connectivity index (χ3n) is 4.30. The van der Waals surface area contributed by atoms with Crippen molar-refractivity contribution in [3.8, 4) is 5.69 Å². The summed E-state index contributed by atoms with van der Waals surface area (Å²) >= 11 is 12.9. The Balaban J connectivity index is 2.09. The van der Waals surface area contributed by atoms with Crippen LogP contribution in [0.2, 0.25) is 5.02 Å². The summed E-state index contributed by atoms with van der Waals surface area (Å²) < 4.78 is 7.84. The SMILES string of the molecule is CCCCN1C(=S)SC(C)(C)C1n1oc(=O)n(-c2ccc(Cl)cc2)c1=O. The fourth-order valence-corrected chi connectivity index (χ4v) is 5.11. The maximum atomic E-state index is 13.0. The highest BCUT2D eigenvalue weighted by atomic mass is 35.5. The fourth-order valence-electron chi connectivity index (χ4n) is 3.06. The van der Waals surface area contributed by atoms with Gasteiger partial charge in [0.15, 0.2) is 6.17 Å². The first-order chi connectivity index (χ1) is 12.3. The van der Waals surface area contributed by atoms with Crippen LogP contribution in [0, 0.1) is 0 Å². The highest BCUT2D eigenvalue weighted by molar-refractivity contribution is 8.24. The molecular weight excluding hydrogens is 394 g/mol. The number of benzene rings is 1. The van der Waals surface area contributed by atoms with E-state index in [-0.39, 0.29) is 0 Å². The average molecular weight is 414 g/mol. The third kappa shape index (κ3) is 3.37. The van der Waals surface area contributed by atoms with Gasteiger partial charge in [0.05, 0.1) is 10.4 Å². The van der Waals surface area contributed by atoms with E-state index in [2.05, 4.69) is 6.92 Å². The van der Waals surface area contributed by atoms with Gasteiger partial charge in [-0.15, -0.1) is 4.74 Å². The van der Waals surface area contributed by atoms with Crippen LogP contribution < -0.4 is 11.4 Å². The van der Waals surface area contributed by atoms with Gasteiger partial charge in [0.25, 0.3) is 0 Å². The van der Waals surface area contributed by atoms with E-state index in [0.717, 1.165) is 22.1 Å². The molecule has 0 radical (unpaired) electrons. The van der Waals surface area contributed by atoms with Gasteiger partial charge in [-0.05, 0) is 44.5 Å². The summed E-state index contributed by atoms with van der Waals surface area (Å²) in [6.45, 7) is 6.79. The van der Waals surface area contributed by atoms with Crippen LogP contribution in [0.3, 0.4) is 0 Å². The lowest BCUT2D eigenvalue weighted by molar-refractivity contribution is 0.0897. The second kappa shape index (κ2) is 7.25. The molecule has 0 aliphatic carbocycles. The van der Waals surface area contributed by atoms with Gasteiger partial charge >= 0.3 is 11.4 Å². The van der Waals surface area contributed by atoms with Crippen molar-refractivity contribution in [1.82, 2.24) is 14.2 Å². The maximum Gasteiger partial charge on any atom is 0.447 e. The third-order valence-corrected chi connectivity index (χ3v) is 6.18. The smallest absolute Gasteiger partial charge is 0.333 e. The molecule has 0 saturated carbocycles. The van der Waals surface area contributed by atoms with Crippen LogP contribution in [-0.4, -0.2) is 29.8 Å². The molecule has 1 aromatic heterocycles. The number of rotatable bonds is 5. The second-order valence-corrected chi connectivity index (χ2v) is 9.39. The number of hydrogen-bond acceptors (Lipinski definition) is 5. The highest BCUT2D eigenvalue weighted by Crippen LogP contribution is 2.46. The molecule has 1 unspecified atom stereocenters. The van der Waals surface area contributed by atoms with Crippen molar-refractivity contribution >= 4 is 39.9 Å². The predicted octanol–water partition coefficient (Wildman–Crippen LogP) is 3.66. The molecule has 1 aliphatic rings.